The summed E-state index contributed by atoms with van der Waals surface area (Å²) in [6.45, 7) is 2.16. The molecule has 90 valence electrons. The van der Waals surface area contributed by atoms with E-state index in [-0.39, 0.29) is 6.42 Å². The van der Waals surface area contributed by atoms with Gasteiger partial charge in [-0.1, -0.05) is 11.6 Å². The Hall–Kier alpha value is -1.73. The van der Waals surface area contributed by atoms with Crippen LogP contribution in [0.4, 0.5) is 4.79 Å². The van der Waals surface area contributed by atoms with E-state index >= 15 is 0 Å². The second-order valence-electron chi connectivity index (χ2n) is 3.61. The zero-order valence-corrected chi connectivity index (χ0v) is 10.5. The minimum Gasteiger partial charge on any atom is -0.410 e. The highest BCUT2D eigenvalue weighted by Gasteiger charge is 2.12. The van der Waals surface area contributed by atoms with Gasteiger partial charge in [0.25, 0.3) is 0 Å². The number of aryl methyl sites for hydroxylation is 1. The van der Waals surface area contributed by atoms with Gasteiger partial charge in [0.05, 0.1) is 12.5 Å². The Morgan fingerprint density at radius 2 is 2.29 bits per heavy atom. The summed E-state index contributed by atoms with van der Waals surface area (Å²) in [6.07, 6.45) is -0.198. The normalized spacial score (nSPS) is 9.53. The van der Waals surface area contributed by atoms with Gasteiger partial charge in [0.1, 0.15) is 5.75 Å². The first-order valence-corrected chi connectivity index (χ1v) is 5.48. The van der Waals surface area contributed by atoms with Crippen LogP contribution in [0.15, 0.2) is 18.2 Å². The number of hydrogen-bond donors (Lipinski definition) is 0. The molecule has 0 saturated carbocycles. The number of hydrogen-bond acceptors (Lipinski definition) is 3. The van der Waals surface area contributed by atoms with E-state index in [9.17, 15) is 4.79 Å². The number of ether oxygens (including phenoxy) is 1. The Bertz CT molecular complexity index is 454. The van der Waals surface area contributed by atoms with E-state index in [0.29, 0.717) is 17.3 Å². The van der Waals surface area contributed by atoms with Gasteiger partial charge in [0.2, 0.25) is 0 Å². The fraction of sp³-hybridized carbons (Fsp3) is 0.333. The summed E-state index contributed by atoms with van der Waals surface area (Å²) in [5, 5.41) is 9.02. The molecule has 0 radical (unpaired) electrons. The lowest BCUT2D eigenvalue weighted by molar-refractivity contribution is 0.163. The van der Waals surface area contributed by atoms with Gasteiger partial charge >= 0.3 is 6.09 Å². The Kier molecular flexibility index (Phi) is 4.80. The minimum atomic E-state index is -0.481. The zero-order chi connectivity index (χ0) is 12.8. The largest absolute Gasteiger partial charge is 0.415 e. The molecule has 0 spiro atoms. The quantitative estimate of drug-likeness (QED) is 0.831. The number of amides is 1. The van der Waals surface area contributed by atoms with E-state index in [1.54, 1.807) is 25.2 Å². The average Bonchev–Trinajstić information content (AvgIpc) is 2.29. The molecule has 0 aliphatic rings. The standard InChI is InChI=1S/C12H13ClN2O2/c1-9-8-10(13)4-5-11(9)17-12(16)15(2)7-3-6-14/h4-5,8H,3,7H2,1-2H3. The van der Waals surface area contributed by atoms with Crippen LogP contribution in [-0.4, -0.2) is 24.6 Å². The predicted molar refractivity (Wildman–Crippen MR) is 65.1 cm³/mol. The Labute approximate surface area is 105 Å². The molecule has 4 nitrogen and oxygen atoms in total. The summed E-state index contributed by atoms with van der Waals surface area (Å²) in [6, 6.07) is 7.00. The summed E-state index contributed by atoms with van der Waals surface area (Å²) in [7, 11) is 1.59. The molecule has 1 aromatic carbocycles. The fourth-order valence-electron chi connectivity index (χ4n) is 1.21. The molecule has 0 heterocycles. The van der Waals surface area contributed by atoms with Gasteiger partial charge in [0.15, 0.2) is 0 Å². The zero-order valence-electron chi connectivity index (χ0n) is 9.74. The molecule has 0 fully saturated rings. The molecule has 1 rings (SSSR count). The van der Waals surface area contributed by atoms with Crippen molar-refractivity contribution in [1.29, 1.82) is 5.26 Å². The topological polar surface area (TPSA) is 53.3 Å². The van der Waals surface area contributed by atoms with Gasteiger partial charge in [-0.25, -0.2) is 4.79 Å². The van der Waals surface area contributed by atoms with Gasteiger partial charge in [-0.3, -0.25) is 0 Å². The van der Waals surface area contributed by atoms with Crippen LogP contribution in [-0.2, 0) is 0 Å². The number of carbonyl (C=O) groups is 1. The molecule has 0 N–H and O–H groups in total. The van der Waals surface area contributed by atoms with Crippen molar-refractivity contribution >= 4 is 17.7 Å². The fourth-order valence-corrected chi connectivity index (χ4v) is 1.43. The molecule has 0 saturated heterocycles. The number of halogens is 1. The first-order valence-electron chi connectivity index (χ1n) is 5.10. The van der Waals surface area contributed by atoms with Crippen LogP contribution in [0.3, 0.4) is 0 Å². The van der Waals surface area contributed by atoms with Gasteiger partial charge in [-0.05, 0) is 30.7 Å². The van der Waals surface area contributed by atoms with Gasteiger partial charge < -0.3 is 9.64 Å². The Morgan fingerprint density at radius 1 is 1.59 bits per heavy atom. The van der Waals surface area contributed by atoms with Crippen LogP contribution in [0.1, 0.15) is 12.0 Å². The number of benzene rings is 1. The van der Waals surface area contributed by atoms with E-state index in [0.717, 1.165) is 5.56 Å². The number of rotatable bonds is 3. The summed E-state index contributed by atoms with van der Waals surface area (Å²) in [5.74, 6) is 0.475. The molecule has 0 bridgehead atoms. The summed E-state index contributed by atoms with van der Waals surface area (Å²) in [4.78, 5) is 13.0. The molecule has 17 heavy (non-hydrogen) atoms. The molecule has 0 aliphatic heterocycles. The van der Waals surface area contributed by atoms with Crippen LogP contribution in [0.5, 0.6) is 5.75 Å². The predicted octanol–water partition coefficient (Wildman–Crippen LogP) is 2.99. The van der Waals surface area contributed by atoms with Crippen molar-refractivity contribution in [1.82, 2.24) is 4.90 Å². The van der Waals surface area contributed by atoms with Crippen LogP contribution in [0.2, 0.25) is 5.02 Å². The first kappa shape index (κ1) is 13.3. The van der Waals surface area contributed by atoms with Crippen molar-refractivity contribution in [3.63, 3.8) is 0 Å². The highest BCUT2D eigenvalue weighted by atomic mass is 35.5. The van der Waals surface area contributed by atoms with Gasteiger partial charge in [0, 0.05) is 18.6 Å². The van der Waals surface area contributed by atoms with Crippen molar-refractivity contribution in [3.05, 3.63) is 28.8 Å². The minimum absolute atomic E-state index is 0.283. The highest BCUT2D eigenvalue weighted by Crippen LogP contribution is 2.22. The molecule has 0 aromatic heterocycles. The monoisotopic (exact) mass is 252 g/mol. The molecule has 5 heteroatoms. The van der Waals surface area contributed by atoms with Crippen LogP contribution >= 0.6 is 11.6 Å². The van der Waals surface area contributed by atoms with Crippen molar-refractivity contribution in [3.8, 4) is 11.8 Å². The summed E-state index contributed by atoms with van der Waals surface area (Å²) >= 11 is 5.80. The van der Waals surface area contributed by atoms with Crippen LogP contribution < -0.4 is 4.74 Å². The Balaban J connectivity index is 2.65. The summed E-state index contributed by atoms with van der Waals surface area (Å²) < 4.78 is 5.18. The molecular formula is C12H13ClN2O2. The van der Waals surface area contributed by atoms with E-state index in [1.807, 2.05) is 13.0 Å². The van der Waals surface area contributed by atoms with E-state index < -0.39 is 6.09 Å². The number of nitriles is 1. The third kappa shape index (κ3) is 3.97. The molecule has 0 aliphatic carbocycles. The maximum absolute atomic E-state index is 11.6. The maximum atomic E-state index is 11.6. The lowest BCUT2D eigenvalue weighted by Crippen LogP contribution is -2.30. The molecule has 1 amide bonds. The Morgan fingerprint density at radius 3 is 2.88 bits per heavy atom. The first-order chi connectivity index (χ1) is 8.04. The second-order valence-corrected chi connectivity index (χ2v) is 4.04. The third-order valence-electron chi connectivity index (χ3n) is 2.20. The van der Waals surface area contributed by atoms with Crippen molar-refractivity contribution in [2.45, 2.75) is 13.3 Å². The SMILES string of the molecule is Cc1cc(Cl)ccc1OC(=O)N(C)CCC#N. The highest BCUT2D eigenvalue weighted by molar-refractivity contribution is 6.30. The van der Waals surface area contributed by atoms with Crippen molar-refractivity contribution in [2.75, 3.05) is 13.6 Å². The van der Waals surface area contributed by atoms with Gasteiger partial charge in [-0.15, -0.1) is 0 Å². The van der Waals surface area contributed by atoms with Crippen molar-refractivity contribution < 1.29 is 9.53 Å². The van der Waals surface area contributed by atoms with E-state index in [2.05, 4.69) is 0 Å². The van der Waals surface area contributed by atoms with Gasteiger partial charge in [-0.2, -0.15) is 5.26 Å². The molecule has 0 unspecified atom stereocenters. The summed E-state index contributed by atoms with van der Waals surface area (Å²) in [5.41, 5.74) is 0.791. The number of carbonyl (C=O) groups excluding carboxylic acids is 1. The van der Waals surface area contributed by atoms with E-state index in [4.69, 9.17) is 21.6 Å². The molecule has 0 atom stereocenters. The van der Waals surface area contributed by atoms with Crippen LogP contribution in [0.25, 0.3) is 0 Å². The third-order valence-corrected chi connectivity index (χ3v) is 2.44. The van der Waals surface area contributed by atoms with Crippen LogP contribution in [0, 0.1) is 18.3 Å². The lowest BCUT2D eigenvalue weighted by atomic mass is 10.2. The average molecular weight is 253 g/mol. The smallest absolute Gasteiger partial charge is 0.410 e. The molecular weight excluding hydrogens is 240 g/mol. The maximum Gasteiger partial charge on any atom is 0.415 e. The lowest BCUT2D eigenvalue weighted by Gasteiger charge is -2.16. The molecule has 1 aromatic rings. The van der Waals surface area contributed by atoms with E-state index in [1.165, 1.54) is 4.90 Å². The second kappa shape index (κ2) is 6.12. The number of nitrogens with zero attached hydrogens (tertiary/aromatic N) is 2. The van der Waals surface area contributed by atoms with Crippen molar-refractivity contribution in [2.24, 2.45) is 0 Å².